The van der Waals surface area contributed by atoms with Crippen LogP contribution >= 0.6 is 0 Å². The molecule has 0 saturated carbocycles. The predicted molar refractivity (Wildman–Crippen MR) is 86.4 cm³/mol. The zero-order valence-electron chi connectivity index (χ0n) is 13.2. The third-order valence-electron chi connectivity index (χ3n) is 3.83. The fourth-order valence-corrected chi connectivity index (χ4v) is 2.74. The van der Waals surface area contributed by atoms with Gasteiger partial charge in [0, 0.05) is 18.2 Å². The van der Waals surface area contributed by atoms with Gasteiger partial charge in [-0.15, -0.1) is 0 Å². The van der Waals surface area contributed by atoms with E-state index in [-0.39, 0.29) is 5.69 Å². The lowest BCUT2D eigenvalue weighted by atomic mass is 9.97. The van der Waals surface area contributed by atoms with Crippen LogP contribution in [0.15, 0.2) is 35.6 Å². The quantitative estimate of drug-likeness (QED) is 0.790. The molecular formula is C17H18N2O4. The van der Waals surface area contributed by atoms with E-state index in [1.54, 1.807) is 30.9 Å². The van der Waals surface area contributed by atoms with Crippen molar-refractivity contribution >= 4 is 0 Å². The predicted octanol–water partition coefficient (Wildman–Crippen LogP) is 2.05. The molecule has 0 aliphatic carbocycles. The summed E-state index contributed by atoms with van der Waals surface area (Å²) in [5.74, 6) is 1.60. The Labute approximate surface area is 133 Å². The van der Waals surface area contributed by atoms with E-state index in [4.69, 9.17) is 14.2 Å². The first kappa shape index (κ1) is 15.1. The van der Waals surface area contributed by atoms with E-state index in [0.717, 1.165) is 23.2 Å². The van der Waals surface area contributed by atoms with Crippen molar-refractivity contribution < 1.29 is 14.2 Å². The molecule has 0 N–H and O–H groups in total. The maximum Gasteiger partial charge on any atom is 0.351 e. The second-order valence-corrected chi connectivity index (χ2v) is 5.13. The van der Waals surface area contributed by atoms with E-state index in [0.29, 0.717) is 30.5 Å². The fourth-order valence-electron chi connectivity index (χ4n) is 2.74. The van der Waals surface area contributed by atoms with E-state index >= 15 is 0 Å². The number of hydrogen-bond donors (Lipinski definition) is 0. The molecule has 23 heavy (non-hydrogen) atoms. The zero-order valence-corrected chi connectivity index (χ0v) is 13.2. The Bertz CT molecular complexity index is 811. The van der Waals surface area contributed by atoms with Gasteiger partial charge in [-0.1, -0.05) is 12.7 Å². The third kappa shape index (κ3) is 2.67. The van der Waals surface area contributed by atoms with Gasteiger partial charge in [-0.2, -0.15) is 4.98 Å². The summed E-state index contributed by atoms with van der Waals surface area (Å²) >= 11 is 0. The van der Waals surface area contributed by atoms with Crippen molar-refractivity contribution in [2.75, 3.05) is 20.8 Å². The van der Waals surface area contributed by atoms with Crippen LogP contribution in [0.3, 0.4) is 0 Å². The molecule has 2 aromatic rings. The highest BCUT2D eigenvalue weighted by molar-refractivity contribution is 5.70. The molecular weight excluding hydrogens is 296 g/mol. The molecule has 1 aliphatic heterocycles. The molecule has 0 spiro atoms. The first-order valence-corrected chi connectivity index (χ1v) is 7.28. The summed E-state index contributed by atoms with van der Waals surface area (Å²) in [4.78, 5) is 16.2. The third-order valence-corrected chi connectivity index (χ3v) is 3.83. The molecule has 0 bridgehead atoms. The van der Waals surface area contributed by atoms with E-state index in [2.05, 4.69) is 11.6 Å². The van der Waals surface area contributed by atoms with Gasteiger partial charge in [0.15, 0.2) is 11.5 Å². The molecule has 6 heteroatoms. The largest absolute Gasteiger partial charge is 0.493 e. The van der Waals surface area contributed by atoms with Gasteiger partial charge in [-0.05, 0) is 24.1 Å². The molecule has 0 unspecified atom stereocenters. The summed E-state index contributed by atoms with van der Waals surface area (Å²) in [5.41, 5.74) is 2.48. The number of rotatable bonds is 5. The molecule has 1 aliphatic rings. The number of aryl methyl sites for hydroxylation is 1. The lowest BCUT2D eigenvalue weighted by Gasteiger charge is -2.23. The number of ether oxygens (including phenoxy) is 3. The van der Waals surface area contributed by atoms with Crippen molar-refractivity contribution in [3.8, 4) is 28.6 Å². The SMILES string of the molecule is C=CCOc1cc2n(c(=O)n1)CCc1cc(OC)c(OC)cc1-2. The first-order chi connectivity index (χ1) is 11.2. The average molecular weight is 314 g/mol. The van der Waals surface area contributed by atoms with E-state index < -0.39 is 0 Å². The maximum absolute atomic E-state index is 12.2. The average Bonchev–Trinajstić information content (AvgIpc) is 2.58. The maximum atomic E-state index is 12.2. The van der Waals surface area contributed by atoms with E-state index in [1.807, 2.05) is 12.1 Å². The van der Waals surface area contributed by atoms with Gasteiger partial charge in [0.25, 0.3) is 0 Å². The summed E-state index contributed by atoms with van der Waals surface area (Å²) < 4.78 is 17.8. The van der Waals surface area contributed by atoms with Crippen LogP contribution in [-0.2, 0) is 13.0 Å². The van der Waals surface area contributed by atoms with E-state index in [1.165, 1.54) is 0 Å². The lowest BCUT2D eigenvalue weighted by molar-refractivity contribution is 0.344. The Morgan fingerprint density at radius 2 is 2.00 bits per heavy atom. The Morgan fingerprint density at radius 1 is 1.26 bits per heavy atom. The topological polar surface area (TPSA) is 62.6 Å². The molecule has 120 valence electrons. The molecule has 0 amide bonds. The summed E-state index contributed by atoms with van der Waals surface area (Å²) in [5, 5.41) is 0. The number of benzene rings is 1. The van der Waals surface area contributed by atoms with Crippen LogP contribution in [0.25, 0.3) is 11.3 Å². The fraction of sp³-hybridized carbons (Fsp3) is 0.294. The molecule has 1 aromatic heterocycles. The second kappa shape index (κ2) is 6.16. The van der Waals surface area contributed by atoms with Crippen LogP contribution in [0.2, 0.25) is 0 Å². The molecule has 0 radical (unpaired) electrons. The monoisotopic (exact) mass is 314 g/mol. The number of hydrogen-bond acceptors (Lipinski definition) is 5. The van der Waals surface area contributed by atoms with Gasteiger partial charge in [0.05, 0.1) is 19.9 Å². The molecule has 2 heterocycles. The number of fused-ring (bicyclic) bond motifs is 3. The number of nitrogens with zero attached hydrogens (tertiary/aromatic N) is 2. The summed E-state index contributed by atoms with van der Waals surface area (Å²) in [6, 6.07) is 5.61. The highest BCUT2D eigenvalue weighted by Crippen LogP contribution is 2.38. The van der Waals surface area contributed by atoms with Gasteiger partial charge in [-0.3, -0.25) is 4.57 Å². The van der Waals surface area contributed by atoms with Crippen molar-refractivity contribution in [1.29, 1.82) is 0 Å². The molecule has 0 atom stereocenters. The van der Waals surface area contributed by atoms with Crippen LogP contribution in [-0.4, -0.2) is 30.4 Å². The van der Waals surface area contributed by atoms with Gasteiger partial charge < -0.3 is 14.2 Å². The minimum atomic E-state index is -0.318. The van der Waals surface area contributed by atoms with Gasteiger partial charge in [0.2, 0.25) is 5.88 Å². The first-order valence-electron chi connectivity index (χ1n) is 7.28. The number of aromatic nitrogens is 2. The zero-order chi connectivity index (χ0) is 16.4. The summed E-state index contributed by atoms with van der Waals surface area (Å²) in [6.45, 7) is 4.47. The number of methoxy groups -OCH3 is 2. The van der Waals surface area contributed by atoms with Crippen LogP contribution < -0.4 is 19.9 Å². The molecule has 6 nitrogen and oxygen atoms in total. The van der Waals surface area contributed by atoms with Crippen molar-refractivity contribution in [3.05, 3.63) is 46.9 Å². The highest BCUT2D eigenvalue weighted by atomic mass is 16.5. The molecule has 1 aromatic carbocycles. The van der Waals surface area contributed by atoms with Gasteiger partial charge >= 0.3 is 5.69 Å². The van der Waals surface area contributed by atoms with Crippen LogP contribution in [0.1, 0.15) is 5.56 Å². The molecule has 3 rings (SSSR count). The molecule has 0 fully saturated rings. The highest BCUT2D eigenvalue weighted by Gasteiger charge is 2.21. The van der Waals surface area contributed by atoms with Crippen molar-refractivity contribution in [2.45, 2.75) is 13.0 Å². The van der Waals surface area contributed by atoms with Crippen LogP contribution in [0, 0.1) is 0 Å². The Kier molecular flexibility index (Phi) is 4.06. The Morgan fingerprint density at radius 3 is 2.70 bits per heavy atom. The lowest BCUT2D eigenvalue weighted by Crippen LogP contribution is -2.28. The minimum absolute atomic E-state index is 0.295. The van der Waals surface area contributed by atoms with Crippen molar-refractivity contribution in [3.63, 3.8) is 0 Å². The normalized spacial score (nSPS) is 12.1. The second-order valence-electron chi connectivity index (χ2n) is 5.13. The molecule has 0 saturated heterocycles. The smallest absolute Gasteiger partial charge is 0.351 e. The van der Waals surface area contributed by atoms with E-state index in [9.17, 15) is 4.79 Å². The van der Waals surface area contributed by atoms with Gasteiger partial charge in [0.1, 0.15) is 6.61 Å². The summed E-state index contributed by atoms with van der Waals surface area (Å²) in [7, 11) is 3.20. The van der Waals surface area contributed by atoms with Crippen molar-refractivity contribution in [1.82, 2.24) is 9.55 Å². The standard InChI is InChI=1S/C17H18N2O4/c1-4-7-23-16-10-13-12-9-15(22-3)14(21-2)8-11(12)5-6-19(13)17(20)18-16/h4,8-10H,1,5-7H2,2-3H3. The van der Waals surface area contributed by atoms with Crippen LogP contribution in [0.5, 0.6) is 17.4 Å². The Hall–Kier alpha value is -2.76. The van der Waals surface area contributed by atoms with Crippen LogP contribution in [0.4, 0.5) is 0 Å². The van der Waals surface area contributed by atoms with Crippen molar-refractivity contribution in [2.24, 2.45) is 0 Å². The Balaban J connectivity index is 2.16. The summed E-state index contributed by atoms with van der Waals surface area (Å²) in [6.07, 6.45) is 2.34. The van der Waals surface area contributed by atoms with Gasteiger partial charge in [-0.25, -0.2) is 4.79 Å². The minimum Gasteiger partial charge on any atom is -0.493 e.